The summed E-state index contributed by atoms with van der Waals surface area (Å²) in [5.41, 5.74) is 1.62. The van der Waals surface area contributed by atoms with Crippen LogP contribution < -0.4 is 24.6 Å². The molecule has 1 atom stereocenters. The van der Waals surface area contributed by atoms with Crippen molar-refractivity contribution in [1.29, 1.82) is 0 Å². The maximum absolute atomic E-state index is 13.3. The van der Waals surface area contributed by atoms with Crippen LogP contribution in [0.2, 0.25) is 0 Å². The molecule has 0 saturated carbocycles. The largest absolute Gasteiger partial charge is 0.573 e. The smallest absolute Gasteiger partial charge is 0.467 e. The van der Waals surface area contributed by atoms with Gasteiger partial charge in [0.2, 0.25) is 0 Å². The average molecular weight is 472 g/mol. The highest BCUT2D eigenvalue weighted by Crippen LogP contribution is 2.40. The van der Waals surface area contributed by atoms with Gasteiger partial charge in [0.1, 0.15) is 11.6 Å². The third-order valence-electron chi connectivity index (χ3n) is 5.59. The van der Waals surface area contributed by atoms with E-state index in [0.29, 0.717) is 23.6 Å². The van der Waals surface area contributed by atoms with Crippen molar-refractivity contribution < 1.29 is 27.4 Å². The Morgan fingerprint density at radius 3 is 2.82 bits per heavy atom. The number of hydrogen-bond donors (Lipinski definition) is 1. The van der Waals surface area contributed by atoms with Gasteiger partial charge in [-0.1, -0.05) is 12.1 Å². The summed E-state index contributed by atoms with van der Waals surface area (Å²) in [5.74, 6) is 0.347. The number of nitrogens with zero attached hydrogens (tertiary/aromatic N) is 5. The van der Waals surface area contributed by atoms with Gasteiger partial charge in [0, 0.05) is 24.8 Å². The van der Waals surface area contributed by atoms with Crippen LogP contribution in [0.5, 0.6) is 11.8 Å². The monoisotopic (exact) mass is 472 g/mol. The van der Waals surface area contributed by atoms with Gasteiger partial charge in [-0.2, -0.15) is 4.98 Å². The Hall–Kier alpha value is -4.09. The number of urea groups is 1. The Morgan fingerprint density at radius 2 is 2.03 bits per heavy atom. The number of carbonyl (C=O) groups is 1. The fourth-order valence-electron chi connectivity index (χ4n) is 4.16. The van der Waals surface area contributed by atoms with Gasteiger partial charge in [-0.05, 0) is 36.8 Å². The number of ether oxygens (including phenoxy) is 2. The van der Waals surface area contributed by atoms with Crippen LogP contribution >= 0.6 is 0 Å². The van der Waals surface area contributed by atoms with Crippen molar-refractivity contribution in [3.63, 3.8) is 0 Å². The van der Waals surface area contributed by atoms with Gasteiger partial charge in [-0.3, -0.25) is 10.2 Å². The molecule has 5 rings (SSSR count). The van der Waals surface area contributed by atoms with Crippen molar-refractivity contribution in [2.24, 2.45) is 0 Å². The molecule has 2 amide bonds. The van der Waals surface area contributed by atoms with E-state index in [1.807, 2.05) is 6.07 Å². The molecule has 0 radical (unpaired) electrons. The molecule has 1 aromatic carbocycles. The highest BCUT2D eigenvalue weighted by molar-refractivity contribution is 6.04. The van der Waals surface area contributed by atoms with E-state index < -0.39 is 12.4 Å². The number of rotatable bonds is 4. The van der Waals surface area contributed by atoms with Crippen LogP contribution in [0, 0.1) is 0 Å². The number of pyridine rings is 1. The predicted molar refractivity (Wildman–Crippen MR) is 117 cm³/mol. The standard InChI is InChI=1S/C22H19F3N6O3/c1-33-20-26-9-7-18(28-20)29-21(32)31-14-8-10-30(12-14)17-6-5-16(27-19(17)31)13-3-2-4-15(11-13)34-22(23,24)25/h2-7,9,11,14H,8,10,12H2,1H3,(H,26,28,29,32)/t14-/m0/s1. The van der Waals surface area contributed by atoms with Gasteiger partial charge in [0.15, 0.2) is 5.82 Å². The Balaban J connectivity index is 1.48. The number of alkyl halides is 3. The summed E-state index contributed by atoms with van der Waals surface area (Å²) >= 11 is 0. The van der Waals surface area contributed by atoms with Crippen LogP contribution in [0.4, 0.5) is 35.3 Å². The molecule has 2 aromatic heterocycles. The number of aromatic nitrogens is 3. The maximum Gasteiger partial charge on any atom is 0.573 e. The number of hydrogen-bond acceptors (Lipinski definition) is 7. The van der Waals surface area contributed by atoms with Crippen molar-refractivity contribution in [3.8, 4) is 23.0 Å². The van der Waals surface area contributed by atoms with Crippen molar-refractivity contribution in [1.82, 2.24) is 15.0 Å². The molecule has 0 aliphatic carbocycles. The number of carbonyl (C=O) groups excluding carboxylic acids is 1. The number of amides is 2. The highest BCUT2D eigenvalue weighted by atomic mass is 19.4. The molecule has 176 valence electrons. The van der Waals surface area contributed by atoms with E-state index >= 15 is 0 Å². The molecule has 1 saturated heterocycles. The Bertz CT molecular complexity index is 1240. The van der Waals surface area contributed by atoms with E-state index in [4.69, 9.17) is 4.74 Å². The molecule has 3 aromatic rings. The minimum Gasteiger partial charge on any atom is -0.467 e. The minimum atomic E-state index is -4.80. The summed E-state index contributed by atoms with van der Waals surface area (Å²) in [6, 6.07) is 10.2. The molecule has 34 heavy (non-hydrogen) atoms. The number of methoxy groups -OCH3 is 1. The molecule has 1 fully saturated rings. The molecule has 0 unspecified atom stereocenters. The van der Waals surface area contributed by atoms with Gasteiger partial charge >= 0.3 is 18.4 Å². The zero-order valence-corrected chi connectivity index (χ0v) is 17.9. The number of benzene rings is 1. The van der Waals surface area contributed by atoms with E-state index in [1.54, 1.807) is 23.1 Å². The molecule has 1 N–H and O–H groups in total. The molecule has 0 spiro atoms. The van der Waals surface area contributed by atoms with Crippen molar-refractivity contribution >= 4 is 23.4 Å². The molecule has 2 aliphatic heterocycles. The fourth-order valence-corrected chi connectivity index (χ4v) is 4.16. The van der Waals surface area contributed by atoms with Crippen LogP contribution in [0.15, 0.2) is 48.7 Å². The van der Waals surface area contributed by atoms with Crippen LogP contribution in [-0.4, -0.2) is 53.6 Å². The summed E-state index contributed by atoms with van der Waals surface area (Å²) in [5, 5.41) is 2.76. The summed E-state index contributed by atoms with van der Waals surface area (Å²) < 4.78 is 47.0. The number of fused-ring (bicyclic) bond motifs is 4. The number of halogens is 3. The predicted octanol–water partition coefficient (Wildman–Crippen LogP) is 4.08. The lowest BCUT2D eigenvalue weighted by Crippen LogP contribution is -2.48. The maximum atomic E-state index is 13.3. The fraction of sp³-hybridized carbons (Fsp3) is 0.273. The van der Waals surface area contributed by atoms with Gasteiger partial charge in [0.25, 0.3) is 0 Å². The quantitative estimate of drug-likeness (QED) is 0.612. The van der Waals surface area contributed by atoms with Gasteiger partial charge in [-0.25, -0.2) is 14.8 Å². The zero-order chi connectivity index (χ0) is 23.9. The first kappa shape index (κ1) is 21.7. The highest BCUT2D eigenvalue weighted by Gasteiger charge is 2.40. The molecular formula is C22H19F3N6O3. The zero-order valence-electron chi connectivity index (χ0n) is 17.9. The Labute approximate surface area is 192 Å². The minimum absolute atomic E-state index is 0.112. The second-order valence-corrected chi connectivity index (χ2v) is 7.73. The topological polar surface area (TPSA) is 92.7 Å². The Kier molecular flexibility index (Phi) is 5.34. The summed E-state index contributed by atoms with van der Waals surface area (Å²) in [7, 11) is 1.43. The molecule has 2 aliphatic rings. The second kappa shape index (κ2) is 8.36. The number of anilines is 3. The first-order chi connectivity index (χ1) is 16.3. The van der Waals surface area contributed by atoms with E-state index in [1.165, 1.54) is 31.5 Å². The van der Waals surface area contributed by atoms with Crippen LogP contribution in [0.3, 0.4) is 0 Å². The number of nitrogens with one attached hydrogen (secondary N) is 1. The second-order valence-electron chi connectivity index (χ2n) is 7.73. The summed E-state index contributed by atoms with van der Waals surface area (Å²) in [6.45, 7) is 1.42. The van der Waals surface area contributed by atoms with E-state index in [9.17, 15) is 18.0 Å². The van der Waals surface area contributed by atoms with Crippen LogP contribution in [-0.2, 0) is 0 Å². The molecule has 2 bridgehead atoms. The third kappa shape index (κ3) is 4.26. The van der Waals surface area contributed by atoms with Gasteiger partial charge in [0.05, 0.1) is 24.5 Å². The molecule has 4 heterocycles. The third-order valence-corrected chi connectivity index (χ3v) is 5.59. The lowest BCUT2D eigenvalue weighted by molar-refractivity contribution is -0.274. The van der Waals surface area contributed by atoms with E-state index in [0.717, 1.165) is 18.7 Å². The normalized spacial score (nSPS) is 16.8. The van der Waals surface area contributed by atoms with Crippen molar-refractivity contribution in [2.75, 3.05) is 35.3 Å². The Morgan fingerprint density at radius 1 is 1.18 bits per heavy atom. The first-order valence-electron chi connectivity index (χ1n) is 10.4. The van der Waals surface area contributed by atoms with Crippen molar-refractivity contribution in [2.45, 2.75) is 18.8 Å². The summed E-state index contributed by atoms with van der Waals surface area (Å²) in [4.78, 5) is 29.7. The molecule has 9 nitrogen and oxygen atoms in total. The molecule has 12 heteroatoms. The van der Waals surface area contributed by atoms with Crippen molar-refractivity contribution in [3.05, 3.63) is 48.7 Å². The molecular weight excluding hydrogens is 453 g/mol. The van der Waals surface area contributed by atoms with Gasteiger partial charge < -0.3 is 14.4 Å². The van der Waals surface area contributed by atoms with Crippen LogP contribution in [0.25, 0.3) is 11.3 Å². The van der Waals surface area contributed by atoms with E-state index in [2.05, 4.69) is 29.9 Å². The van der Waals surface area contributed by atoms with Crippen LogP contribution in [0.1, 0.15) is 6.42 Å². The summed E-state index contributed by atoms with van der Waals surface area (Å²) in [6.07, 6.45) is -2.58. The average Bonchev–Trinajstić information content (AvgIpc) is 3.22. The SMILES string of the molecule is COc1nccc(NC(=O)N2c3nc(-c4cccc(OC(F)(F)F)c4)ccc3N3CC[C@H]2C3)n1. The van der Waals surface area contributed by atoms with E-state index in [-0.39, 0.29) is 23.6 Å². The lowest BCUT2D eigenvalue weighted by Gasteiger charge is -2.35. The van der Waals surface area contributed by atoms with Gasteiger partial charge in [-0.15, -0.1) is 13.2 Å². The first-order valence-corrected chi connectivity index (χ1v) is 10.4. The lowest BCUT2D eigenvalue weighted by atomic mass is 10.1.